The van der Waals surface area contributed by atoms with Gasteiger partial charge in [-0.05, 0) is 6.92 Å². The lowest BCUT2D eigenvalue weighted by atomic mass is 10.3. The Morgan fingerprint density at radius 1 is 1.61 bits per heavy atom. The van der Waals surface area contributed by atoms with E-state index < -0.39 is 16.1 Å². The van der Waals surface area contributed by atoms with Crippen molar-refractivity contribution in [3.63, 3.8) is 0 Å². The van der Waals surface area contributed by atoms with Crippen molar-refractivity contribution in [3.05, 3.63) is 12.0 Å². The van der Waals surface area contributed by atoms with Crippen molar-refractivity contribution in [2.24, 2.45) is 7.05 Å². The number of ether oxygens (including phenoxy) is 1. The second kappa shape index (κ2) is 4.96. The maximum absolute atomic E-state index is 12.4. The number of aryl methyl sites for hydroxylation is 2. The zero-order valence-corrected chi connectivity index (χ0v) is 11.2. The Hall–Kier alpha value is -0.960. The quantitative estimate of drug-likeness (QED) is 0.773. The molecule has 0 bridgehead atoms. The van der Waals surface area contributed by atoms with Crippen LogP contribution >= 0.6 is 0 Å². The van der Waals surface area contributed by atoms with Gasteiger partial charge in [-0.15, -0.1) is 0 Å². The van der Waals surface area contributed by atoms with E-state index >= 15 is 0 Å². The molecular formula is C10H17N3O4S. The molecule has 0 aliphatic carbocycles. The summed E-state index contributed by atoms with van der Waals surface area (Å²) in [5.74, 6) is 0.627. The first-order valence-corrected chi connectivity index (χ1v) is 7.11. The van der Waals surface area contributed by atoms with Crippen LogP contribution in [0.2, 0.25) is 0 Å². The van der Waals surface area contributed by atoms with Crippen molar-refractivity contribution in [2.75, 3.05) is 26.4 Å². The summed E-state index contributed by atoms with van der Waals surface area (Å²) in [6.07, 6.45) is 1.48. The lowest BCUT2D eigenvalue weighted by molar-refractivity contribution is 0.0108. The van der Waals surface area contributed by atoms with Gasteiger partial charge in [-0.1, -0.05) is 0 Å². The zero-order valence-electron chi connectivity index (χ0n) is 10.4. The van der Waals surface area contributed by atoms with Crippen LogP contribution in [0.4, 0.5) is 0 Å². The smallest absolute Gasteiger partial charge is 0.262 e. The number of aliphatic hydroxyl groups is 1. The van der Waals surface area contributed by atoms with Crippen molar-refractivity contribution in [2.45, 2.75) is 18.0 Å². The van der Waals surface area contributed by atoms with Gasteiger partial charge < -0.3 is 14.4 Å². The second-order valence-electron chi connectivity index (χ2n) is 4.26. The van der Waals surface area contributed by atoms with Crippen molar-refractivity contribution >= 4 is 10.0 Å². The molecule has 18 heavy (non-hydrogen) atoms. The molecule has 0 spiro atoms. The fraction of sp³-hybridized carbons (Fsp3) is 0.700. The molecule has 1 atom stereocenters. The van der Waals surface area contributed by atoms with E-state index in [9.17, 15) is 13.5 Å². The molecule has 102 valence electrons. The lowest BCUT2D eigenvalue weighted by Crippen LogP contribution is -2.50. The summed E-state index contributed by atoms with van der Waals surface area (Å²) >= 11 is 0. The SMILES string of the molecule is Cc1nc(S(=O)(=O)N2CCOCC2CO)cn1C. The summed E-state index contributed by atoms with van der Waals surface area (Å²) in [6.45, 7) is 2.26. The molecule has 1 aromatic heterocycles. The molecule has 2 rings (SSSR count). The number of hydrogen-bond acceptors (Lipinski definition) is 5. The average Bonchev–Trinajstić information content (AvgIpc) is 2.70. The van der Waals surface area contributed by atoms with Crippen LogP contribution in [-0.4, -0.2) is 59.8 Å². The van der Waals surface area contributed by atoms with E-state index in [4.69, 9.17) is 4.74 Å². The fourth-order valence-electron chi connectivity index (χ4n) is 1.87. The molecule has 1 saturated heterocycles. The largest absolute Gasteiger partial charge is 0.395 e. The van der Waals surface area contributed by atoms with E-state index in [0.717, 1.165) is 0 Å². The summed E-state index contributed by atoms with van der Waals surface area (Å²) in [7, 11) is -1.92. The van der Waals surface area contributed by atoms with Crippen LogP contribution < -0.4 is 0 Å². The standard InChI is InChI=1S/C10H17N3O4S/c1-8-11-10(5-12(8)2)18(15,16)13-3-4-17-7-9(13)6-14/h5,9,14H,3-4,6-7H2,1-2H3. The van der Waals surface area contributed by atoms with Crippen LogP contribution in [-0.2, 0) is 21.8 Å². The molecule has 7 nitrogen and oxygen atoms in total. The Balaban J connectivity index is 2.35. The third-order valence-corrected chi connectivity index (χ3v) is 4.87. The van der Waals surface area contributed by atoms with Crippen LogP contribution in [0.25, 0.3) is 0 Å². The molecule has 1 N–H and O–H groups in total. The molecule has 1 aliphatic heterocycles. The van der Waals surface area contributed by atoms with Gasteiger partial charge in [-0.2, -0.15) is 4.31 Å². The maximum Gasteiger partial charge on any atom is 0.262 e. The highest BCUT2D eigenvalue weighted by atomic mass is 32.2. The summed E-state index contributed by atoms with van der Waals surface area (Å²) in [6, 6.07) is -0.536. The third-order valence-electron chi connectivity index (χ3n) is 3.04. The van der Waals surface area contributed by atoms with E-state index in [2.05, 4.69) is 4.98 Å². The van der Waals surface area contributed by atoms with Crippen LogP contribution in [0.1, 0.15) is 5.82 Å². The topological polar surface area (TPSA) is 84.7 Å². The van der Waals surface area contributed by atoms with Crippen LogP contribution in [0.5, 0.6) is 0 Å². The van der Waals surface area contributed by atoms with Gasteiger partial charge in [0.2, 0.25) is 0 Å². The van der Waals surface area contributed by atoms with E-state index in [1.54, 1.807) is 18.5 Å². The summed E-state index contributed by atoms with van der Waals surface area (Å²) in [5, 5.41) is 9.24. The Kier molecular flexibility index (Phi) is 3.71. The van der Waals surface area contributed by atoms with E-state index in [-0.39, 0.29) is 24.8 Å². The highest BCUT2D eigenvalue weighted by molar-refractivity contribution is 7.89. The zero-order chi connectivity index (χ0) is 13.3. The van der Waals surface area contributed by atoms with E-state index in [0.29, 0.717) is 12.4 Å². The third kappa shape index (κ3) is 2.28. The minimum Gasteiger partial charge on any atom is -0.395 e. The number of imidazole rings is 1. The number of rotatable bonds is 3. The van der Waals surface area contributed by atoms with Gasteiger partial charge in [-0.25, -0.2) is 13.4 Å². The van der Waals surface area contributed by atoms with E-state index in [1.807, 2.05) is 0 Å². The van der Waals surface area contributed by atoms with Crippen molar-refractivity contribution in [3.8, 4) is 0 Å². The first kappa shape index (κ1) is 13.5. The predicted octanol–water partition coefficient (Wildman–Crippen LogP) is -0.890. The monoisotopic (exact) mass is 275 g/mol. The number of aromatic nitrogens is 2. The normalized spacial score (nSPS) is 22.3. The maximum atomic E-state index is 12.4. The Morgan fingerprint density at radius 2 is 2.33 bits per heavy atom. The average molecular weight is 275 g/mol. The molecule has 2 heterocycles. The Bertz CT molecular complexity index is 506. The number of aliphatic hydroxyl groups excluding tert-OH is 1. The molecule has 0 radical (unpaired) electrons. The minimum absolute atomic E-state index is 0.0165. The van der Waals surface area contributed by atoms with Gasteiger partial charge in [0.05, 0.1) is 25.9 Å². The molecular weight excluding hydrogens is 258 g/mol. The molecule has 0 amide bonds. The van der Waals surface area contributed by atoms with E-state index in [1.165, 1.54) is 10.5 Å². The van der Waals surface area contributed by atoms with Crippen molar-refractivity contribution < 1.29 is 18.3 Å². The van der Waals surface area contributed by atoms with Gasteiger partial charge in [0, 0.05) is 19.8 Å². The molecule has 0 saturated carbocycles. The predicted molar refractivity (Wildman–Crippen MR) is 63.5 cm³/mol. The Morgan fingerprint density at radius 3 is 2.89 bits per heavy atom. The highest BCUT2D eigenvalue weighted by Gasteiger charge is 2.35. The number of nitrogens with zero attached hydrogens (tertiary/aromatic N) is 3. The molecule has 8 heteroatoms. The van der Waals surface area contributed by atoms with Gasteiger partial charge in [-0.3, -0.25) is 0 Å². The molecule has 1 aliphatic rings. The molecule has 1 aromatic rings. The molecule has 0 aromatic carbocycles. The lowest BCUT2D eigenvalue weighted by Gasteiger charge is -2.32. The summed E-state index contributed by atoms with van der Waals surface area (Å²) in [4.78, 5) is 4.04. The fourth-order valence-corrected chi connectivity index (χ4v) is 3.48. The van der Waals surface area contributed by atoms with Crippen molar-refractivity contribution in [1.29, 1.82) is 0 Å². The van der Waals surface area contributed by atoms with Crippen molar-refractivity contribution in [1.82, 2.24) is 13.9 Å². The van der Waals surface area contributed by atoms with Gasteiger partial charge in [0.1, 0.15) is 5.82 Å². The number of sulfonamides is 1. The summed E-state index contributed by atoms with van der Waals surface area (Å²) < 4.78 is 32.9. The van der Waals surface area contributed by atoms with Gasteiger partial charge in [0.15, 0.2) is 5.03 Å². The summed E-state index contributed by atoms with van der Waals surface area (Å²) in [5.41, 5.74) is 0. The first-order chi connectivity index (χ1) is 8.46. The second-order valence-corrected chi connectivity index (χ2v) is 6.10. The highest BCUT2D eigenvalue weighted by Crippen LogP contribution is 2.19. The van der Waals surface area contributed by atoms with Gasteiger partial charge in [0.25, 0.3) is 10.0 Å². The number of hydrogen-bond donors (Lipinski definition) is 1. The van der Waals surface area contributed by atoms with Crippen LogP contribution in [0.3, 0.4) is 0 Å². The molecule has 1 fully saturated rings. The van der Waals surface area contributed by atoms with Crippen LogP contribution in [0, 0.1) is 6.92 Å². The van der Waals surface area contributed by atoms with Gasteiger partial charge >= 0.3 is 0 Å². The first-order valence-electron chi connectivity index (χ1n) is 5.67. The minimum atomic E-state index is -3.66. The molecule has 1 unspecified atom stereocenters. The van der Waals surface area contributed by atoms with Crippen LogP contribution in [0.15, 0.2) is 11.2 Å². The Labute approximate surface area is 106 Å². The number of morpholine rings is 1.